The largest absolute Gasteiger partial charge is 0.353 e. The molecule has 4 heteroatoms. The summed E-state index contributed by atoms with van der Waals surface area (Å²) in [6.45, 7) is 2.64. The third-order valence-electron chi connectivity index (χ3n) is 5.23. The standard InChI is InChI=1S/C19H26N2O2/c1-2-21-17(22)13-12-16(18(21)14-8-4-3-5-9-14)19(23)20-15-10-6-7-11-15/h3-5,8-9,15-16,18H,2,6-7,10-13H2,1H3,(H,20,23)/t16-,18+/m1/s1. The van der Waals surface area contributed by atoms with Crippen molar-refractivity contribution < 1.29 is 9.59 Å². The molecule has 23 heavy (non-hydrogen) atoms. The number of nitrogens with zero attached hydrogens (tertiary/aromatic N) is 1. The van der Waals surface area contributed by atoms with Gasteiger partial charge in [-0.3, -0.25) is 9.59 Å². The SMILES string of the molecule is CCN1C(=O)CC[C@@H](C(=O)NC2CCCC2)[C@@H]1c1ccccc1. The number of likely N-dealkylation sites (tertiary alicyclic amines) is 1. The van der Waals surface area contributed by atoms with Gasteiger partial charge < -0.3 is 10.2 Å². The Morgan fingerprint density at radius 2 is 1.87 bits per heavy atom. The first-order chi connectivity index (χ1) is 11.2. The minimum Gasteiger partial charge on any atom is -0.353 e. The van der Waals surface area contributed by atoms with Crippen LogP contribution in [0.5, 0.6) is 0 Å². The van der Waals surface area contributed by atoms with Crippen molar-refractivity contribution in [1.82, 2.24) is 10.2 Å². The quantitative estimate of drug-likeness (QED) is 0.928. The maximum Gasteiger partial charge on any atom is 0.225 e. The van der Waals surface area contributed by atoms with Gasteiger partial charge in [0, 0.05) is 19.0 Å². The van der Waals surface area contributed by atoms with Crippen molar-refractivity contribution >= 4 is 11.8 Å². The molecule has 1 aromatic carbocycles. The Kier molecular flexibility index (Phi) is 4.99. The molecular weight excluding hydrogens is 288 g/mol. The van der Waals surface area contributed by atoms with E-state index in [0.717, 1.165) is 18.4 Å². The summed E-state index contributed by atoms with van der Waals surface area (Å²) >= 11 is 0. The lowest BCUT2D eigenvalue weighted by Gasteiger charge is -2.40. The molecule has 2 aliphatic rings. The van der Waals surface area contributed by atoms with E-state index >= 15 is 0 Å². The summed E-state index contributed by atoms with van der Waals surface area (Å²) in [5.74, 6) is 0.138. The monoisotopic (exact) mass is 314 g/mol. The maximum atomic E-state index is 12.9. The predicted molar refractivity (Wildman–Crippen MR) is 89.7 cm³/mol. The van der Waals surface area contributed by atoms with Gasteiger partial charge in [-0.15, -0.1) is 0 Å². The van der Waals surface area contributed by atoms with Gasteiger partial charge in [-0.2, -0.15) is 0 Å². The molecule has 1 N–H and O–H groups in total. The number of benzene rings is 1. The molecule has 0 aromatic heterocycles. The zero-order valence-electron chi connectivity index (χ0n) is 13.8. The number of amides is 2. The van der Waals surface area contributed by atoms with Crippen LogP contribution in [0, 0.1) is 5.92 Å². The molecule has 1 heterocycles. The van der Waals surface area contributed by atoms with Crippen LogP contribution in [0.4, 0.5) is 0 Å². The van der Waals surface area contributed by atoms with Crippen LogP contribution in [0.3, 0.4) is 0 Å². The molecule has 1 aromatic rings. The highest BCUT2D eigenvalue weighted by atomic mass is 16.2. The molecule has 0 spiro atoms. The highest BCUT2D eigenvalue weighted by Gasteiger charge is 2.40. The van der Waals surface area contributed by atoms with E-state index in [-0.39, 0.29) is 23.8 Å². The molecule has 1 aliphatic heterocycles. The summed E-state index contributed by atoms with van der Waals surface area (Å²) in [6, 6.07) is 10.2. The van der Waals surface area contributed by atoms with Gasteiger partial charge in [-0.25, -0.2) is 0 Å². The Hall–Kier alpha value is -1.84. The normalized spacial score (nSPS) is 25.6. The van der Waals surface area contributed by atoms with E-state index in [4.69, 9.17) is 0 Å². The molecule has 0 unspecified atom stereocenters. The fourth-order valence-corrected chi connectivity index (χ4v) is 4.04. The van der Waals surface area contributed by atoms with Crippen LogP contribution in [0.1, 0.15) is 57.1 Å². The van der Waals surface area contributed by atoms with E-state index in [1.54, 1.807) is 0 Å². The lowest BCUT2D eigenvalue weighted by Crippen LogP contribution is -2.49. The molecule has 4 nitrogen and oxygen atoms in total. The van der Waals surface area contributed by atoms with Gasteiger partial charge in [-0.1, -0.05) is 43.2 Å². The number of carbonyl (C=O) groups is 2. The van der Waals surface area contributed by atoms with Crippen molar-refractivity contribution in [1.29, 1.82) is 0 Å². The van der Waals surface area contributed by atoms with Crippen LogP contribution in [-0.2, 0) is 9.59 Å². The van der Waals surface area contributed by atoms with Crippen LogP contribution in [0.15, 0.2) is 30.3 Å². The van der Waals surface area contributed by atoms with Gasteiger partial charge in [-0.05, 0) is 31.7 Å². The van der Waals surface area contributed by atoms with Crippen LogP contribution < -0.4 is 5.32 Å². The van der Waals surface area contributed by atoms with E-state index in [9.17, 15) is 9.59 Å². The molecule has 0 bridgehead atoms. The summed E-state index contributed by atoms with van der Waals surface area (Å²) in [4.78, 5) is 27.0. The summed E-state index contributed by atoms with van der Waals surface area (Å²) in [7, 11) is 0. The molecule has 0 radical (unpaired) electrons. The van der Waals surface area contributed by atoms with E-state index in [1.165, 1.54) is 12.8 Å². The Balaban J connectivity index is 1.83. The van der Waals surface area contributed by atoms with Crippen LogP contribution in [-0.4, -0.2) is 29.3 Å². The Bertz CT molecular complexity index is 552. The summed E-state index contributed by atoms with van der Waals surface area (Å²) < 4.78 is 0. The second-order valence-electron chi connectivity index (χ2n) is 6.67. The fourth-order valence-electron chi connectivity index (χ4n) is 4.04. The van der Waals surface area contributed by atoms with Gasteiger partial charge in [0.15, 0.2) is 0 Å². The Morgan fingerprint density at radius 3 is 2.52 bits per heavy atom. The number of nitrogens with one attached hydrogen (secondary N) is 1. The second-order valence-corrected chi connectivity index (χ2v) is 6.67. The number of rotatable bonds is 4. The average molecular weight is 314 g/mol. The summed E-state index contributed by atoms with van der Waals surface area (Å²) in [5, 5.41) is 3.23. The number of piperidine rings is 1. The van der Waals surface area contributed by atoms with Crippen molar-refractivity contribution in [2.24, 2.45) is 5.92 Å². The Labute approximate surface area is 138 Å². The highest BCUT2D eigenvalue weighted by Crippen LogP contribution is 2.37. The average Bonchev–Trinajstić information content (AvgIpc) is 3.08. The predicted octanol–water partition coefficient (Wildman–Crippen LogP) is 3.05. The van der Waals surface area contributed by atoms with E-state index in [0.29, 0.717) is 25.4 Å². The molecule has 3 rings (SSSR count). The van der Waals surface area contributed by atoms with Crippen molar-refractivity contribution in [3.63, 3.8) is 0 Å². The van der Waals surface area contributed by atoms with Crippen molar-refractivity contribution in [3.05, 3.63) is 35.9 Å². The first-order valence-electron chi connectivity index (χ1n) is 8.85. The van der Waals surface area contributed by atoms with E-state index in [2.05, 4.69) is 5.32 Å². The van der Waals surface area contributed by atoms with Gasteiger partial charge in [0.05, 0.1) is 12.0 Å². The molecule has 2 atom stereocenters. The third kappa shape index (κ3) is 3.41. The van der Waals surface area contributed by atoms with Crippen LogP contribution in [0.25, 0.3) is 0 Å². The molecule has 2 fully saturated rings. The van der Waals surface area contributed by atoms with Gasteiger partial charge in [0.1, 0.15) is 0 Å². The van der Waals surface area contributed by atoms with Crippen molar-refractivity contribution in [2.45, 2.75) is 57.5 Å². The minimum absolute atomic E-state index is 0.122. The fraction of sp³-hybridized carbons (Fsp3) is 0.579. The number of hydrogen-bond donors (Lipinski definition) is 1. The van der Waals surface area contributed by atoms with Gasteiger partial charge in [0.25, 0.3) is 0 Å². The molecule has 2 amide bonds. The van der Waals surface area contributed by atoms with Gasteiger partial charge >= 0.3 is 0 Å². The van der Waals surface area contributed by atoms with Crippen LogP contribution >= 0.6 is 0 Å². The molecule has 1 saturated carbocycles. The maximum absolute atomic E-state index is 12.9. The minimum atomic E-state index is -0.143. The molecule has 1 aliphatic carbocycles. The third-order valence-corrected chi connectivity index (χ3v) is 5.23. The van der Waals surface area contributed by atoms with E-state index in [1.807, 2.05) is 42.2 Å². The zero-order chi connectivity index (χ0) is 16.2. The highest BCUT2D eigenvalue weighted by molar-refractivity contribution is 5.85. The zero-order valence-corrected chi connectivity index (χ0v) is 13.8. The molecule has 124 valence electrons. The first-order valence-corrected chi connectivity index (χ1v) is 8.85. The van der Waals surface area contributed by atoms with Gasteiger partial charge in [0.2, 0.25) is 11.8 Å². The number of hydrogen-bond acceptors (Lipinski definition) is 2. The summed E-state index contributed by atoms with van der Waals surface area (Å²) in [6.07, 6.45) is 5.71. The lowest BCUT2D eigenvalue weighted by molar-refractivity contribution is -0.143. The molecule has 1 saturated heterocycles. The first kappa shape index (κ1) is 16.0. The smallest absolute Gasteiger partial charge is 0.225 e. The van der Waals surface area contributed by atoms with Crippen molar-refractivity contribution in [2.75, 3.05) is 6.54 Å². The lowest BCUT2D eigenvalue weighted by atomic mass is 9.83. The Morgan fingerprint density at radius 1 is 1.17 bits per heavy atom. The van der Waals surface area contributed by atoms with E-state index < -0.39 is 0 Å². The molecular formula is C19H26N2O2. The topological polar surface area (TPSA) is 49.4 Å². The second kappa shape index (κ2) is 7.16. The number of carbonyl (C=O) groups excluding carboxylic acids is 2. The summed E-state index contributed by atoms with van der Waals surface area (Å²) in [5.41, 5.74) is 1.06. The van der Waals surface area contributed by atoms with Crippen molar-refractivity contribution in [3.8, 4) is 0 Å². The van der Waals surface area contributed by atoms with Crippen LogP contribution in [0.2, 0.25) is 0 Å².